The molecule has 0 saturated heterocycles. The van der Waals surface area contributed by atoms with E-state index < -0.39 is 34.3 Å². The predicted octanol–water partition coefficient (Wildman–Crippen LogP) is 2.31. The van der Waals surface area contributed by atoms with Crippen LogP contribution in [0, 0.1) is 16.7 Å². The van der Waals surface area contributed by atoms with Gasteiger partial charge in [-0.2, -0.15) is 13.2 Å². The molecule has 2 bridgehead atoms. The molecule has 2 nitrogen and oxygen atoms in total. The van der Waals surface area contributed by atoms with Crippen molar-refractivity contribution in [2.75, 3.05) is 0 Å². The van der Waals surface area contributed by atoms with Crippen molar-refractivity contribution in [3.63, 3.8) is 0 Å². The second kappa shape index (κ2) is 2.63. The maximum Gasteiger partial charge on any atom is 0.424 e. The Labute approximate surface area is 91.8 Å². The van der Waals surface area contributed by atoms with E-state index in [2.05, 4.69) is 0 Å². The summed E-state index contributed by atoms with van der Waals surface area (Å²) in [4.78, 5) is 11.8. The van der Waals surface area contributed by atoms with Crippen LogP contribution < -0.4 is 0 Å². The highest BCUT2D eigenvalue weighted by atomic mass is 19.4. The van der Waals surface area contributed by atoms with Gasteiger partial charge < -0.3 is 5.11 Å². The van der Waals surface area contributed by atoms with Crippen molar-refractivity contribution in [3.8, 4) is 0 Å². The van der Waals surface area contributed by atoms with Gasteiger partial charge in [0.2, 0.25) is 5.60 Å². The molecule has 0 amide bonds. The molecular formula is C11H15F3O2. The summed E-state index contributed by atoms with van der Waals surface area (Å²) in [6.45, 7) is 4.67. The summed E-state index contributed by atoms with van der Waals surface area (Å²) in [7, 11) is 0. The van der Waals surface area contributed by atoms with Gasteiger partial charge in [-0.05, 0) is 18.3 Å². The van der Waals surface area contributed by atoms with Crippen LogP contribution in [0.15, 0.2) is 0 Å². The predicted molar refractivity (Wildman–Crippen MR) is 50.6 cm³/mol. The fourth-order valence-corrected chi connectivity index (χ4v) is 3.58. The lowest BCUT2D eigenvalue weighted by Gasteiger charge is -2.44. The average molecular weight is 236 g/mol. The van der Waals surface area contributed by atoms with E-state index in [4.69, 9.17) is 0 Å². The van der Waals surface area contributed by atoms with Gasteiger partial charge in [0.1, 0.15) is 0 Å². The zero-order valence-electron chi connectivity index (χ0n) is 9.48. The van der Waals surface area contributed by atoms with Gasteiger partial charge in [-0.25, -0.2) is 0 Å². The number of hydrogen-bond acceptors (Lipinski definition) is 2. The molecule has 16 heavy (non-hydrogen) atoms. The van der Waals surface area contributed by atoms with Crippen molar-refractivity contribution < 1.29 is 23.1 Å². The molecule has 0 aliphatic heterocycles. The van der Waals surface area contributed by atoms with Crippen molar-refractivity contribution in [1.82, 2.24) is 0 Å². The normalized spacial score (nSPS) is 46.4. The van der Waals surface area contributed by atoms with Crippen LogP contribution in [0.2, 0.25) is 0 Å². The molecule has 0 spiro atoms. The number of alkyl halides is 3. The quantitative estimate of drug-likeness (QED) is 0.700. The SMILES string of the molecule is CC1(C)[C@@H]2CC[C@@]1(C)[C@@](O)(C(F)(F)F)C2=O. The number of ketones is 1. The molecule has 0 aromatic rings. The van der Waals surface area contributed by atoms with Crippen molar-refractivity contribution in [2.24, 2.45) is 16.7 Å². The third-order valence-electron chi connectivity index (χ3n) is 5.11. The highest BCUT2D eigenvalue weighted by Crippen LogP contribution is 2.70. The molecule has 2 aliphatic carbocycles. The zero-order chi connectivity index (χ0) is 12.6. The molecule has 0 unspecified atom stereocenters. The lowest BCUT2D eigenvalue weighted by atomic mass is 9.64. The number of rotatable bonds is 0. The van der Waals surface area contributed by atoms with E-state index in [0.717, 1.165) is 0 Å². The standard InChI is InChI=1S/C11H15F3O2/c1-8(2)6-4-5-9(8,3)10(16,7(6)15)11(12,13)14/h6,16H,4-5H2,1-3H3/t6-,9-,10-/m1/s1. The van der Waals surface area contributed by atoms with Gasteiger partial charge in [-0.3, -0.25) is 4.79 Å². The summed E-state index contributed by atoms with van der Waals surface area (Å²) in [5, 5.41) is 9.91. The number of carbonyl (C=O) groups excluding carboxylic acids is 1. The summed E-state index contributed by atoms with van der Waals surface area (Å²) in [6.07, 6.45) is -4.20. The number of Topliss-reactive ketones (excluding diaryl/α,β-unsaturated/α-hetero) is 1. The Morgan fingerprint density at radius 1 is 1.31 bits per heavy atom. The van der Waals surface area contributed by atoms with Gasteiger partial charge in [0, 0.05) is 11.3 Å². The third-order valence-corrected chi connectivity index (χ3v) is 5.11. The van der Waals surface area contributed by atoms with Crippen molar-refractivity contribution in [2.45, 2.75) is 45.4 Å². The lowest BCUT2D eigenvalue weighted by Crippen LogP contribution is -2.61. The summed E-state index contributed by atoms with van der Waals surface area (Å²) in [6, 6.07) is 0. The molecule has 2 saturated carbocycles. The van der Waals surface area contributed by atoms with Crippen molar-refractivity contribution in [1.29, 1.82) is 0 Å². The number of carbonyl (C=O) groups is 1. The molecule has 0 heterocycles. The van der Waals surface area contributed by atoms with E-state index in [0.29, 0.717) is 6.42 Å². The topological polar surface area (TPSA) is 37.3 Å². The molecular weight excluding hydrogens is 221 g/mol. The second-order valence-electron chi connectivity index (χ2n) is 5.72. The highest BCUT2D eigenvalue weighted by Gasteiger charge is 2.82. The molecule has 2 rings (SSSR count). The molecule has 0 radical (unpaired) electrons. The van der Waals surface area contributed by atoms with Crippen LogP contribution in [-0.2, 0) is 4.79 Å². The minimum Gasteiger partial charge on any atom is -0.374 e. The van der Waals surface area contributed by atoms with Gasteiger partial charge in [-0.15, -0.1) is 0 Å². The molecule has 3 atom stereocenters. The van der Waals surface area contributed by atoms with E-state index in [1.165, 1.54) is 6.92 Å². The van der Waals surface area contributed by atoms with Crippen LogP contribution in [0.1, 0.15) is 33.6 Å². The third kappa shape index (κ3) is 0.883. The molecule has 92 valence electrons. The molecule has 5 heteroatoms. The fourth-order valence-electron chi connectivity index (χ4n) is 3.58. The van der Waals surface area contributed by atoms with E-state index in [9.17, 15) is 23.1 Å². The van der Waals surface area contributed by atoms with Crippen LogP contribution in [0.4, 0.5) is 13.2 Å². The van der Waals surface area contributed by atoms with Gasteiger partial charge in [0.05, 0.1) is 0 Å². The smallest absolute Gasteiger partial charge is 0.374 e. The summed E-state index contributed by atoms with van der Waals surface area (Å²) in [5.41, 5.74) is -5.36. The van der Waals surface area contributed by atoms with E-state index in [-0.39, 0.29) is 6.42 Å². The number of halogens is 3. The van der Waals surface area contributed by atoms with E-state index in [1.807, 2.05) is 0 Å². The van der Waals surface area contributed by atoms with Crippen LogP contribution in [0.5, 0.6) is 0 Å². The second-order valence-corrected chi connectivity index (χ2v) is 5.72. The Kier molecular flexibility index (Phi) is 1.96. The maximum absolute atomic E-state index is 13.0. The van der Waals surface area contributed by atoms with Gasteiger partial charge in [0.25, 0.3) is 0 Å². The van der Waals surface area contributed by atoms with Crippen molar-refractivity contribution >= 4 is 5.78 Å². The molecule has 1 N–H and O–H groups in total. The first kappa shape index (κ1) is 11.9. The van der Waals surface area contributed by atoms with Crippen LogP contribution in [0.25, 0.3) is 0 Å². The van der Waals surface area contributed by atoms with Gasteiger partial charge in [-0.1, -0.05) is 20.8 Å². The number of aliphatic hydroxyl groups is 1. The number of hydrogen-bond donors (Lipinski definition) is 1. The molecule has 0 aromatic heterocycles. The van der Waals surface area contributed by atoms with Gasteiger partial charge in [0.15, 0.2) is 5.78 Å². The zero-order valence-corrected chi connectivity index (χ0v) is 9.48. The first-order valence-corrected chi connectivity index (χ1v) is 5.33. The highest BCUT2D eigenvalue weighted by molar-refractivity contribution is 5.96. The Balaban J connectivity index is 2.64. The average Bonchev–Trinajstić information content (AvgIpc) is 2.39. The monoisotopic (exact) mass is 236 g/mol. The summed E-state index contributed by atoms with van der Waals surface area (Å²) < 4.78 is 38.9. The molecule has 0 aromatic carbocycles. The first-order chi connectivity index (χ1) is 7.00. The summed E-state index contributed by atoms with van der Waals surface area (Å²) in [5.74, 6) is -1.72. The Morgan fingerprint density at radius 2 is 1.81 bits per heavy atom. The van der Waals surface area contributed by atoms with E-state index >= 15 is 0 Å². The molecule has 2 aliphatic rings. The van der Waals surface area contributed by atoms with Gasteiger partial charge >= 0.3 is 6.18 Å². The summed E-state index contributed by atoms with van der Waals surface area (Å²) >= 11 is 0. The lowest BCUT2D eigenvalue weighted by molar-refractivity contribution is -0.287. The first-order valence-electron chi connectivity index (χ1n) is 5.33. The molecule has 2 fully saturated rings. The van der Waals surface area contributed by atoms with Crippen LogP contribution >= 0.6 is 0 Å². The van der Waals surface area contributed by atoms with Crippen molar-refractivity contribution in [3.05, 3.63) is 0 Å². The Bertz CT molecular complexity index is 361. The Hall–Kier alpha value is -0.580. The van der Waals surface area contributed by atoms with E-state index in [1.54, 1.807) is 13.8 Å². The minimum atomic E-state index is -4.88. The van der Waals surface area contributed by atoms with Crippen LogP contribution in [-0.4, -0.2) is 22.7 Å². The van der Waals surface area contributed by atoms with Crippen LogP contribution in [0.3, 0.4) is 0 Å². The minimum absolute atomic E-state index is 0.242. The maximum atomic E-state index is 13.0. The largest absolute Gasteiger partial charge is 0.424 e. The number of fused-ring (bicyclic) bond motifs is 2. The Morgan fingerprint density at radius 3 is 2.06 bits per heavy atom. The fraction of sp³-hybridized carbons (Fsp3) is 0.909.